The van der Waals surface area contributed by atoms with Crippen molar-refractivity contribution in [3.8, 4) is 0 Å². The molecule has 328 valence electrons. The van der Waals surface area contributed by atoms with Crippen molar-refractivity contribution < 1.29 is 43.2 Å². The quantitative estimate of drug-likeness (QED) is 0.0764. The lowest BCUT2D eigenvalue weighted by Crippen LogP contribution is -2.65. The Hall–Kier alpha value is -3.67. The van der Waals surface area contributed by atoms with Gasteiger partial charge in [-0.25, -0.2) is 0 Å². The Bertz CT molecular complexity index is 1900. The zero-order valence-electron chi connectivity index (χ0n) is 36.9. The van der Waals surface area contributed by atoms with Gasteiger partial charge in [-0.2, -0.15) is 0 Å². The molecule has 7 rings (SSSR count). The molecule has 0 spiro atoms. The predicted octanol–water partition coefficient (Wildman–Crippen LogP) is 7.91. The van der Waals surface area contributed by atoms with Crippen molar-refractivity contribution >= 4 is 17.9 Å². The number of aliphatic hydroxyl groups is 1. The van der Waals surface area contributed by atoms with Crippen molar-refractivity contribution in [1.29, 1.82) is 0 Å². The van der Waals surface area contributed by atoms with E-state index >= 15 is 0 Å². The van der Waals surface area contributed by atoms with Gasteiger partial charge in [0.05, 0.1) is 62.7 Å². The normalized spacial score (nSPS) is 33.7. The molecule has 0 aliphatic heterocycles. The summed E-state index contributed by atoms with van der Waals surface area (Å²) in [6, 6.07) is 10.0. The third-order valence-corrected chi connectivity index (χ3v) is 16.3. The van der Waals surface area contributed by atoms with Crippen LogP contribution in [0.5, 0.6) is 0 Å². The Balaban J connectivity index is 1.07. The fourth-order valence-electron chi connectivity index (χ4n) is 13.0. The van der Waals surface area contributed by atoms with Gasteiger partial charge in [-0.05, 0) is 103 Å². The summed E-state index contributed by atoms with van der Waals surface area (Å²) < 4.78 is 28.1. The van der Waals surface area contributed by atoms with Crippen molar-refractivity contribution in [3.63, 3.8) is 0 Å². The fourth-order valence-corrected chi connectivity index (χ4v) is 13.0. The average molecular weight is 829 g/mol. The average Bonchev–Trinajstić information content (AvgIpc) is 3.22. The van der Waals surface area contributed by atoms with Crippen LogP contribution in [0, 0.1) is 44.8 Å². The van der Waals surface area contributed by atoms with Crippen LogP contribution in [0.4, 0.5) is 0 Å². The van der Waals surface area contributed by atoms with Crippen LogP contribution in [-0.2, 0) is 56.5 Å². The van der Waals surface area contributed by atoms with Gasteiger partial charge >= 0.3 is 17.9 Å². The summed E-state index contributed by atoms with van der Waals surface area (Å²) in [6.07, 6.45) is 14.3. The van der Waals surface area contributed by atoms with E-state index in [2.05, 4.69) is 47.6 Å². The molecule has 0 radical (unpaired) electrons. The third kappa shape index (κ3) is 8.19. The molecule has 8 atom stereocenters. The first-order valence-corrected chi connectivity index (χ1v) is 22.4. The molecule has 1 aromatic heterocycles. The van der Waals surface area contributed by atoms with E-state index in [4.69, 9.17) is 38.8 Å². The Morgan fingerprint density at radius 3 is 2.20 bits per heavy atom. The minimum atomic E-state index is -0.575. The molecule has 0 bridgehead atoms. The van der Waals surface area contributed by atoms with Gasteiger partial charge in [0, 0.05) is 17.8 Å². The van der Waals surface area contributed by atoms with Crippen molar-refractivity contribution in [2.24, 2.45) is 44.8 Å². The van der Waals surface area contributed by atoms with E-state index in [9.17, 15) is 14.4 Å². The molecule has 11 heteroatoms. The number of hydrogen-bond acceptors (Lipinski definition) is 11. The molecule has 11 nitrogen and oxygen atoms in total. The number of rotatable bonds is 16. The number of aromatic nitrogens is 2. The highest BCUT2D eigenvalue weighted by molar-refractivity contribution is 5.79. The number of allylic oxidation sites excluding steroid dienone is 2. The van der Waals surface area contributed by atoms with E-state index in [-0.39, 0.29) is 85.3 Å². The van der Waals surface area contributed by atoms with E-state index in [0.29, 0.717) is 25.7 Å². The molecule has 3 saturated carbocycles. The maximum absolute atomic E-state index is 14.5. The number of ether oxygens (including phenoxy) is 5. The number of hydrogen-bond donors (Lipinski definition) is 1. The predicted molar refractivity (Wildman–Crippen MR) is 225 cm³/mol. The molecule has 0 saturated heterocycles. The molecular weight excluding hydrogens is 761 g/mol. The second kappa shape index (κ2) is 17.6. The largest absolute Gasteiger partial charge is 0.465 e. The summed E-state index contributed by atoms with van der Waals surface area (Å²) in [5.74, 6) is -0.284. The van der Waals surface area contributed by atoms with Gasteiger partial charge in [0.15, 0.2) is 0 Å². The van der Waals surface area contributed by atoms with Gasteiger partial charge in [0.2, 0.25) is 0 Å². The smallest absolute Gasteiger partial charge is 0.313 e. The number of carbonyl (C=O) groups is 3. The molecule has 1 N–H and O–H groups in total. The van der Waals surface area contributed by atoms with E-state index in [1.807, 2.05) is 30.3 Å². The highest BCUT2D eigenvalue weighted by Crippen LogP contribution is 2.75. The van der Waals surface area contributed by atoms with Crippen molar-refractivity contribution in [2.75, 3.05) is 46.2 Å². The first kappa shape index (κ1) is 44.4. The second-order valence-electron chi connectivity index (χ2n) is 20.2. The van der Waals surface area contributed by atoms with E-state index in [1.54, 1.807) is 12.4 Å². The van der Waals surface area contributed by atoms with Crippen LogP contribution < -0.4 is 0 Å². The van der Waals surface area contributed by atoms with Crippen LogP contribution >= 0.6 is 0 Å². The van der Waals surface area contributed by atoms with Gasteiger partial charge < -0.3 is 28.8 Å². The van der Waals surface area contributed by atoms with Crippen molar-refractivity contribution in [1.82, 2.24) is 9.97 Å². The topological polar surface area (TPSA) is 143 Å². The fraction of sp³-hybridized carbons (Fsp3) is 0.694. The number of nitrogens with zero attached hydrogens (tertiary/aromatic N) is 2. The lowest BCUT2D eigenvalue weighted by atomic mass is 9.33. The van der Waals surface area contributed by atoms with Gasteiger partial charge in [0.25, 0.3) is 0 Å². The van der Waals surface area contributed by atoms with Crippen molar-refractivity contribution in [3.05, 3.63) is 71.3 Å². The highest BCUT2D eigenvalue weighted by atomic mass is 16.6. The summed E-state index contributed by atoms with van der Waals surface area (Å²) in [4.78, 5) is 50.0. The molecular formula is C49H68N2O9. The van der Waals surface area contributed by atoms with Crippen LogP contribution in [-0.4, -0.2) is 79.2 Å². The van der Waals surface area contributed by atoms with E-state index < -0.39 is 22.8 Å². The number of fused-ring (bicyclic) bond motifs is 8. The van der Waals surface area contributed by atoms with Crippen LogP contribution in [0.2, 0.25) is 0 Å². The molecule has 5 aliphatic carbocycles. The van der Waals surface area contributed by atoms with Crippen molar-refractivity contribution in [2.45, 2.75) is 124 Å². The zero-order valence-corrected chi connectivity index (χ0v) is 36.9. The summed E-state index contributed by atoms with van der Waals surface area (Å²) in [5, 5.41) is 8.77. The van der Waals surface area contributed by atoms with Gasteiger partial charge in [-0.15, -0.1) is 0 Å². The van der Waals surface area contributed by atoms with Crippen LogP contribution in [0.3, 0.4) is 0 Å². The van der Waals surface area contributed by atoms with E-state index in [0.717, 1.165) is 74.7 Å². The van der Waals surface area contributed by atoms with Gasteiger partial charge in [0.1, 0.15) is 19.8 Å². The monoisotopic (exact) mass is 828 g/mol. The maximum Gasteiger partial charge on any atom is 0.313 e. The Morgan fingerprint density at radius 2 is 1.45 bits per heavy atom. The zero-order chi connectivity index (χ0) is 42.8. The summed E-state index contributed by atoms with van der Waals surface area (Å²) in [5.41, 5.74) is 3.16. The lowest BCUT2D eigenvalue weighted by molar-refractivity contribution is -0.185. The van der Waals surface area contributed by atoms with Gasteiger partial charge in [-0.1, -0.05) is 83.5 Å². The molecule has 60 heavy (non-hydrogen) atoms. The lowest BCUT2D eigenvalue weighted by Gasteiger charge is -2.70. The second-order valence-corrected chi connectivity index (χ2v) is 20.2. The minimum Gasteiger partial charge on any atom is -0.465 e. The molecule has 0 amide bonds. The molecule has 0 unspecified atom stereocenters. The number of esters is 3. The number of carbonyl (C=O) groups excluding carboxylic acids is 3. The van der Waals surface area contributed by atoms with Crippen LogP contribution in [0.1, 0.15) is 123 Å². The highest BCUT2D eigenvalue weighted by Gasteiger charge is 2.70. The van der Waals surface area contributed by atoms with Crippen LogP contribution in [0.15, 0.2) is 54.4 Å². The summed E-state index contributed by atoms with van der Waals surface area (Å²) >= 11 is 0. The SMILES string of the molecule is CC1(C)CC[C@]2(C(=O)OCc3ccccc3)CC[C@]3(C)C(=CC[C@@H]4[C@@]5(C)Cc6nccnc6[C@@](C)(COC(=O)CCC(=O)OCCOCCOCCO)[C@@H]5CC[C@]43C)[C@@H]2C1. The minimum absolute atomic E-state index is 0.0231. The molecule has 5 aliphatic rings. The first-order chi connectivity index (χ1) is 28.6. The Morgan fingerprint density at radius 1 is 0.767 bits per heavy atom. The van der Waals surface area contributed by atoms with E-state index in [1.165, 1.54) is 5.57 Å². The molecule has 1 heterocycles. The van der Waals surface area contributed by atoms with Crippen LogP contribution in [0.25, 0.3) is 0 Å². The Labute approximate surface area is 356 Å². The standard InChI is InChI=1S/C49H68N2O9/c1-44(2)18-20-49(43(55)59-32-34-10-8-7-9-11-34)21-19-47(5)35(36(49)30-44)12-13-39-45(3)31-37-42(51-23-22-50-37)46(4,38(45)16-17-48(39,47)6)33-60-41(54)15-14-40(53)58-29-28-57-27-26-56-25-24-52/h7-12,22-23,36,38-39,52H,13-21,24-33H2,1-6H3/t36-,38+,39+,45-,46-,47+,48+,49-/m0/s1. The maximum atomic E-state index is 14.5. The first-order valence-electron chi connectivity index (χ1n) is 22.4. The summed E-state index contributed by atoms with van der Waals surface area (Å²) in [6.45, 7) is 16.1. The number of aliphatic hydroxyl groups excluding tert-OH is 1. The Kier molecular flexibility index (Phi) is 13.0. The van der Waals surface area contributed by atoms with Gasteiger partial charge in [-0.3, -0.25) is 24.4 Å². The molecule has 1 aromatic carbocycles. The molecule has 2 aromatic rings. The molecule has 3 fully saturated rings. The summed E-state index contributed by atoms with van der Waals surface area (Å²) in [7, 11) is 0. The third-order valence-electron chi connectivity index (χ3n) is 16.3. The number of benzene rings is 1.